The van der Waals surface area contributed by atoms with Gasteiger partial charge in [0.15, 0.2) is 5.78 Å². The maximum absolute atomic E-state index is 12.2. The maximum Gasteiger partial charge on any atom is 0.164 e. The summed E-state index contributed by atoms with van der Waals surface area (Å²) in [6.45, 7) is 3.25. The summed E-state index contributed by atoms with van der Waals surface area (Å²) in [6.07, 6.45) is 4.57. The lowest BCUT2D eigenvalue weighted by Gasteiger charge is -2.25. The van der Waals surface area contributed by atoms with E-state index in [0.29, 0.717) is 6.42 Å². The van der Waals surface area contributed by atoms with E-state index in [1.165, 1.54) is 29.3 Å². The lowest BCUT2D eigenvalue weighted by Crippen LogP contribution is -2.31. The van der Waals surface area contributed by atoms with Gasteiger partial charge in [-0.05, 0) is 48.8 Å². The summed E-state index contributed by atoms with van der Waals surface area (Å²) in [5.41, 5.74) is 0.868. The van der Waals surface area contributed by atoms with Crippen LogP contribution < -0.4 is 0 Å². The number of carbonyl (C=O) groups excluding carboxylic acids is 1. The second-order valence-electron chi connectivity index (χ2n) is 5.25. The largest absolute Gasteiger partial charge is 0.303 e. The highest BCUT2D eigenvalue weighted by atomic mass is 32.1. The van der Waals surface area contributed by atoms with Gasteiger partial charge in [0, 0.05) is 23.2 Å². The SMILES string of the molecule is O=C(CCN1CCCCC1)c1ccc2ccsc2c1. The van der Waals surface area contributed by atoms with E-state index in [4.69, 9.17) is 0 Å². The normalized spacial score (nSPS) is 16.8. The van der Waals surface area contributed by atoms with Crippen LogP contribution in [0.4, 0.5) is 0 Å². The Balaban J connectivity index is 1.62. The summed E-state index contributed by atoms with van der Waals surface area (Å²) in [7, 11) is 0. The highest BCUT2D eigenvalue weighted by Crippen LogP contribution is 2.22. The summed E-state index contributed by atoms with van der Waals surface area (Å²) in [4.78, 5) is 14.7. The first kappa shape index (κ1) is 12.8. The zero-order valence-electron chi connectivity index (χ0n) is 11.1. The zero-order valence-corrected chi connectivity index (χ0v) is 11.9. The lowest BCUT2D eigenvalue weighted by atomic mass is 10.1. The standard InChI is InChI=1S/C16H19NOS/c18-15(6-10-17-8-2-1-3-9-17)14-5-4-13-7-11-19-16(13)12-14/h4-5,7,11-12H,1-3,6,8-10H2. The van der Waals surface area contributed by atoms with Gasteiger partial charge in [0.2, 0.25) is 0 Å². The number of hydrogen-bond acceptors (Lipinski definition) is 3. The average Bonchev–Trinajstić information content (AvgIpc) is 2.93. The minimum absolute atomic E-state index is 0.279. The molecule has 1 aliphatic heterocycles. The van der Waals surface area contributed by atoms with Gasteiger partial charge in [-0.2, -0.15) is 0 Å². The molecule has 0 aliphatic carbocycles. The summed E-state index contributed by atoms with van der Waals surface area (Å²) in [5, 5.41) is 3.31. The van der Waals surface area contributed by atoms with Gasteiger partial charge < -0.3 is 4.90 Å². The molecule has 0 atom stereocenters. The van der Waals surface area contributed by atoms with Crippen molar-refractivity contribution in [2.75, 3.05) is 19.6 Å². The number of ketones is 1. The van der Waals surface area contributed by atoms with Crippen molar-refractivity contribution in [1.29, 1.82) is 0 Å². The predicted molar refractivity (Wildman–Crippen MR) is 81.1 cm³/mol. The van der Waals surface area contributed by atoms with Crippen LogP contribution in [0.1, 0.15) is 36.0 Å². The maximum atomic E-state index is 12.2. The fourth-order valence-electron chi connectivity index (χ4n) is 2.72. The van der Waals surface area contributed by atoms with Gasteiger partial charge in [0.1, 0.15) is 0 Å². The van der Waals surface area contributed by atoms with E-state index in [1.807, 2.05) is 12.1 Å². The molecule has 0 spiro atoms. The molecular formula is C16H19NOS. The Morgan fingerprint density at radius 2 is 2.00 bits per heavy atom. The van der Waals surface area contributed by atoms with Crippen LogP contribution in [0.15, 0.2) is 29.6 Å². The second-order valence-corrected chi connectivity index (χ2v) is 6.20. The first-order chi connectivity index (χ1) is 9.33. The predicted octanol–water partition coefficient (Wildman–Crippen LogP) is 3.96. The van der Waals surface area contributed by atoms with Crippen LogP contribution in [0.3, 0.4) is 0 Å². The van der Waals surface area contributed by atoms with Crippen LogP contribution in [-0.2, 0) is 0 Å². The van der Waals surface area contributed by atoms with Crippen molar-refractivity contribution in [1.82, 2.24) is 4.90 Å². The molecule has 1 aliphatic rings. The first-order valence-corrected chi connectivity index (χ1v) is 7.94. The summed E-state index contributed by atoms with van der Waals surface area (Å²) < 4.78 is 1.21. The number of piperidine rings is 1. The number of carbonyl (C=O) groups is 1. The molecule has 2 aromatic rings. The Bertz CT molecular complexity index is 569. The monoisotopic (exact) mass is 273 g/mol. The summed E-state index contributed by atoms with van der Waals surface area (Å²) in [5.74, 6) is 0.279. The molecule has 100 valence electrons. The molecule has 2 nitrogen and oxygen atoms in total. The Morgan fingerprint density at radius 3 is 2.84 bits per heavy atom. The van der Waals surface area contributed by atoms with Gasteiger partial charge in [-0.1, -0.05) is 18.6 Å². The van der Waals surface area contributed by atoms with Crippen molar-refractivity contribution in [3.05, 3.63) is 35.2 Å². The van der Waals surface area contributed by atoms with E-state index < -0.39 is 0 Å². The second kappa shape index (κ2) is 5.85. The van der Waals surface area contributed by atoms with E-state index >= 15 is 0 Å². The number of benzene rings is 1. The molecule has 0 unspecified atom stereocenters. The molecule has 1 fully saturated rings. The molecule has 3 rings (SSSR count). The molecule has 0 N–H and O–H groups in total. The third-order valence-corrected chi connectivity index (χ3v) is 4.76. The fourth-order valence-corrected chi connectivity index (χ4v) is 3.54. The molecule has 1 aromatic carbocycles. The minimum atomic E-state index is 0.279. The van der Waals surface area contributed by atoms with Gasteiger partial charge in [-0.3, -0.25) is 4.79 Å². The molecule has 2 heterocycles. The average molecular weight is 273 g/mol. The quantitative estimate of drug-likeness (QED) is 0.786. The smallest absolute Gasteiger partial charge is 0.164 e. The molecular weight excluding hydrogens is 254 g/mol. The van der Waals surface area contributed by atoms with Crippen molar-refractivity contribution in [3.8, 4) is 0 Å². The fraction of sp³-hybridized carbons (Fsp3) is 0.438. The first-order valence-electron chi connectivity index (χ1n) is 7.06. The van der Waals surface area contributed by atoms with Crippen LogP contribution in [0.25, 0.3) is 10.1 Å². The third-order valence-electron chi connectivity index (χ3n) is 3.88. The lowest BCUT2D eigenvalue weighted by molar-refractivity contribution is 0.0959. The van der Waals surface area contributed by atoms with Gasteiger partial charge in [0.25, 0.3) is 0 Å². The highest BCUT2D eigenvalue weighted by molar-refractivity contribution is 7.17. The van der Waals surface area contributed by atoms with E-state index in [9.17, 15) is 4.79 Å². The van der Waals surface area contributed by atoms with E-state index in [1.54, 1.807) is 11.3 Å². The minimum Gasteiger partial charge on any atom is -0.303 e. The molecule has 0 bridgehead atoms. The van der Waals surface area contributed by atoms with Crippen LogP contribution >= 0.6 is 11.3 Å². The van der Waals surface area contributed by atoms with Crippen LogP contribution in [0.2, 0.25) is 0 Å². The summed E-state index contributed by atoms with van der Waals surface area (Å²) >= 11 is 1.70. The van der Waals surface area contributed by atoms with Crippen molar-refractivity contribution >= 4 is 27.2 Å². The van der Waals surface area contributed by atoms with Crippen molar-refractivity contribution < 1.29 is 4.79 Å². The Morgan fingerprint density at radius 1 is 1.16 bits per heavy atom. The van der Waals surface area contributed by atoms with Gasteiger partial charge in [-0.25, -0.2) is 0 Å². The molecule has 1 saturated heterocycles. The zero-order chi connectivity index (χ0) is 13.1. The molecule has 3 heteroatoms. The summed E-state index contributed by atoms with van der Waals surface area (Å²) in [6, 6.07) is 8.16. The number of fused-ring (bicyclic) bond motifs is 1. The van der Waals surface area contributed by atoms with E-state index in [0.717, 1.165) is 25.2 Å². The van der Waals surface area contributed by atoms with E-state index in [2.05, 4.69) is 22.4 Å². The number of hydrogen-bond donors (Lipinski definition) is 0. The number of rotatable bonds is 4. The highest BCUT2D eigenvalue weighted by Gasteiger charge is 2.13. The number of nitrogens with zero attached hydrogens (tertiary/aromatic N) is 1. The van der Waals surface area contributed by atoms with Crippen molar-refractivity contribution in [2.24, 2.45) is 0 Å². The Labute approximate surface area is 118 Å². The molecule has 0 amide bonds. The van der Waals surface area contributed by atoms with Crippen molar-refractivity contribution in [2.45, 2.75) is 25.7 Å². The molecule has 0 radical (unpaired) electrons. The Kier molecular flexibility index (Phi) is 3.95. The number of likely N-dealkylation sites (tertiary alicyclic amines) is 1. The molecule has 0 saturated carbocycles. The van der Waals surface area contributed by atoms with Crippen molar-refractivity contribution in [3.63, 3.8) is 0 Å². The third kappa shape index (κ3) is 3.04. The number of thiophene rings is 1. The van der Waals surface area contributed by atoms with Gasteiger partial charge >= 0.3 is 0 Å². The van der Waals surface area contributed by atoms with E-state index in [-0.39, 0.29) is 5.78 Å². The van der Waals surface area contributed by atoms with Crippen LogP contribution in [-0.4, -0.2) is 30.3 Å². The van der Waals surface area contributed by atoms with Crippen LogP contribution in [0.5, 0.6) is 0 Å². The Hall–Kier alpha value is -1.19. The van der Waals surface area contributed by atoms with Gasteiger partial charge in [-0.15, -0.1) is 11.3 Å². The van der Waals surface area contributed by atoms with Crippen LogP contribution in [0, 0.1) is 0 Å². The van der Waals surface area contributed by atoms with Gasteiger partial charge in [0.05, 0.1) is 0 Å². The number of Topliss-reactive ketones (excluding diaryl/α,β-unsaturated/α-hetero) is 1. The molecule has 19 heavy (non-hydrogen) atoms. The molecule has 1 aromatic heterocycles. The topological polar surface area (TPSA) is 20.3 Å².